The van der Waals surface area contributed by atoms with Gasteiger partial charge in [-0.15, -0.1) is 5.53 Å². The minimum atomic E-state index is -0.203. The molecule has 0 atom stereocenters. The summed E-state index contributed by atoms with van der Waals surface area (Å²) in [6.45, 7) is 11.1. The Bertz CT molecular complexity index is 1400. The molecule has 41 heavy (non-hydrogen) atoms. The molecule has 3 aromatic rings. The molecular formula is C32H43N7O2. The molecule has 1 aliphatic rings. The van der Waals surface area contributed by atoms with Crippen LogP contribution in [0, 0.1) is 6.92 Å². The van der Waals surface area contributed by atoms with E-state index in [1.807, 2.05) is 54.5 Å². The molecule has 0 saturated heterocycles. The summed E-state index contributed by atoms with van der Waals surface area (Å²) in [5.74, 6) is 0.482. The molecule has 0 unspecified atom stereocenters. The number of methoxy groups -OCH3 is 1. The van der Waals surface area contributed by atoms with E-state index in [1.165, 1.54) is 0 Å². The maximum atomic E-state index is 13.7. The first-order valence-electron chi connectivity index (χ1n) is 13.9. The topological polar surface area (TPSA) is 85.0 Å². The number of benzene rings is 2. The standard InChI is InChI=1S/C32H43N7O2/c1-22-11-12-23(17-29(22)39-21-28(35-36-39)24-10-9-13-33-19-24)31(40)34-27-18-26(32(2,3)4)16-25(30(27)41-8)20-38(7)15-14-37(5)6/h9-13,16-19,21,35-36H,14-15,20H2,1-8H3,(H,34,40). The first-order chi connectivity index (χ1) is 19.5. The van der Waals surface area contributed by atoms with Crippen molar-refractivity contribution in [2.24, 2.45) is 0 Å². The number of amides is 1. The lowest BCUT2D eigenvalue weighted by molar-refractivity contribution is 0.102. The van der Waals surface area contributed by atoms with Crippen molar-refractivity contribution < 1.29 is 9.53 Å². The predicted octanol–water partition coefficient (Wildman–Crippen LogP) is 4.77. The van der Waals surface area contributed by atoms with Crippen LogP contribution in [0.25, 0.3) is 5.70 Å². The summed E-state index contributed by atoms with van der Waals surface area (Å²) in [5, 5.41) is 5.03. The van der Waals surface area contributed by atoms with E-state index < -0.39 is 0 Å². The van der Waals surface area contributed by atoms with Crippen molar-refractivity contribution in [2.45, 2.75) is 39.7 Å². The third-order valence-corrected chi connectivity index (χ3v) is 7.13. The molecule has 0 radical (unpaired) electrons. The summed E-state index contributed by atoms with van der Waals surface area (Å²) in [6.07, 6.45) is 5.50. The highest BCUT2D eigenvalue weighted by Crippen LogP contribution is 2.36. The Morgan fingerprint density at radius 3 is 2.54 bits per heavy atom. The number of hydrogen-bond acceptors (Lipinski definition) is 8. The minimum Gasteiger partial charge on any atom is -0.494 e. The Kier molecular flexibility index (Phi) is 9.32. The zero-order valence-corrected chi connectivity index (χ0v) is 25.5. The number of hydrogen-bond donors (Lipinski definition) is 3. The smallest absolute Gasteiger partial charge is 0.255 e. The average molecular weight is 558 g/mol. The van der Waals surface area contributed by atoms with Gasteiger partial charge >= 0.3 is 0 Å². The Hall–Kier alpha value is -3.92. The van der Waals surface area contributed by atoms with Crippen LogP contribution < -0.4 is 26.0 Å². The lowest BCUT2D eigenvalue weighted by Crippen LogP contribution is -2.36. The number of carbonyl (C=O) groups is 1. The molecule has 1 aliphatic heterocycles. The molecule has 2 aromatic carbocycles. The van der Waals surface area contributed by atoms with Gasteiger partial charge < -0.3 is 25.3 Å². The number of rotatable bonds is 10. The molecule has 4 rings (SSSR count). The largest absolute Gasteiger partial charge is 0.494 e. The Morgan fingerprint density at radius 2 is 1.88 bits per heavy atom. The average Bonchev–Trinajstić information content (AvgIpc) is 3.42. The van der Waals surface area contributed by atoms with E-state index in [2.05, 4.69) is 79.0 Å². The van der Waals surface area contributed by atoms with Crippen LogP contribution in [-0.4, -0.2) is 62.0 Å². The van der Waals surface area contributed by atoms with E-state index in [0.717, 1.165) is 46.7 Å². The fraction of sp³-hybridized carbons (Fsp3) is 0.375. The zero-order valence-electron chi connectivity index (χ0n) is 25.5. The molecule has 2 heterocycles. The fourth-order valence-corrected chi connectivity index (χ4v) is 4.63. The van der Waals surface area contributed by atoms with Crippen molar-refractivity contribution in [2.75, 3.05) is 51.7 Å². The Balaban J connectivity index is 1.62. The predicted molar refractivity (Wildman–Crippen MR) is 167 cm³/mol. The lowest BCUT2D eigenvalue weighted by atomic mass is 9.85. The number of nitrogens with one attached hydrogen (secondary N) is 3. The summed E-state index contributed by atoms with van der Waals surface area (Å²) in [4.78, 5) is 22.3. The maximum Gasteiger partial charge on any atom is 0.255 e. The van der Waals surface area contributed by atoms with E-state index in [4.69, 9.17) is 4.74 Å². The molecule has 0 saturated carbocycles. The lowest BCUT2D eigenvalue weighted by Gasteiger charge is -2.26. The number of aromatic nitrogens is 1. The van der Waals surface area contributed by atoms with Gasteiger partial charge in [-0.05, 0) is 74.9 Å². The van der Waals surface area contributed by atoms with Gasteiger partial charge in [-0.2, -0.15) is 0 Å². The van der Waals surface area contributed by atoms with Crippen LogP contribution in [0.2, 0.25) is 0 Å². The second-order valence-electron chi connectivity index (χ2n) is 11.9. The number of nitrogens with zero attached hydrogens (tertiary/aromatic N) is 4. The molecule has 9 heteroatoms. The van der Waals surface area contributed by atoms with E-state index in [-0.39, 0.29) is 11.3 Å². The minimum absolute atomic E-state index is 0.105. The Morgan fingerprint density at radius 1 is 1.10 bits per heavy atom. The number of anilines is 2. The number of pyridine rings is 1. The fourth-order valence-electron chi connectivity index (χ4n) is 4.63. The van der Waals surface area contributed by atoms with Crippen LogP contribution in [0.3, 0.4) is 0 Å². The second kappa shape index (κ2) is 12.7. The molecular weight excluding hydrogens is 514 g/mol. The van der Waals surface area contributed by atoms with Gasteiger partial charge in [0.05, 0.1) is 24.2 Å². The molecule has 218 valence electrons. The highest BCUT2D eigenvalue weighted by molar-refractivity contribution is 6.06. The van der Waals surface area contributed by atoms with Gasteiger partial charge in [0.2, 0.25) is 0 Å². The first kappa shape index (κ1) is 30.0. The van der Waals surface area contributed by atoms with Crippen LogP contribution in [0.4, 0.5) is 11.4 Å². The van der Waals surface area contributed by atoms with Gasteiger partial charge in [0.15, 0.2) is 0 Å². The molecule has 3 N–H and O–H groups in total. The van der Waals surface area contributed by atoms with Crippen molar-refractivity contribution in [1.29, 1.82) is 0 Å². The normalized spacial score (nSPS) is 13.4. The van der Waals surface area contributed by atoms with E-state index in [1.54, 1.807) is 19.5 Å². The molecule has 0 spiro atoms. The highest BCUT2D eigenvalue weighted by Gasteiger charge is 2.23. The zero-order chi connectivity index (χ0) is 29.7. The maximum absolute atomic E-state index is 13.7. The summed E-state index contributed by atoms with van der Waals surface area (Å²) in [6, 6.07) is 13.8. The summed E-state index contributed by atoms with van der Waals surface area (Å²) in [5.41, 5.74) is 13.4. The highest BCUT2D eigenvalue weighted by atomic mass is 16.5. The van der Waals surface area contributed by atoms with Crippen molar-refractivity contribution in [1.82, 2.24) is 25.7 Å². The monoisotopic (exact) mass is 557 g/mol. The summed E-state index contributed by atoms with van der Waals surface area (Å²) >= 11 is 0. The third kappa shape index (κ3) is 7.43. The van der Waals surface area contributed by atoms with E-state index in [9.17, 15) is 4.79 Å². The SMILES string of the molecule is COc1c(CN(C)CCN(C)C)cc(C(C)(C)C)cc1NC(=O)c1ccc(C)c(N2C=C(c3cccnc3)NN2)c1. The second-order valence-corrected chi connectivity index (χ2v) is 11.9. The molecule has 0 fully saturated rings. The number of ether oxygens (including phenoxy) is 1. The Labute approximate surface area is 244 Å². The van der Waals surface area contributed by atoms with Gasteiger partial charge in [-0.25, -0.2) is 0 Å². The van der Waals surface area contributed by atoms with Gasteiger partial charge in [0, 0.05) is 54.9 Å². The van der Waals surface area contributed by atoms with E-state index >= 15 is 0 Å². The van der Waals surface area contributed by atoms with Crippen LogP contribution in [-0.2, 0) is 12.0 Å². The van der Waals surface area contributed by atoms with Gasteiger partial charge in [0.25, 0.3) is 5.91 Å². The van der Waals surface area contributed by atoms with Crippen LogP contribution in [0.15, 0.2) is 61.1 Å². The molecule has 0 aliphatic carbocycles. The van der Waals surface area contributed by atoms with Gasteiger partial charge in [0.1, 0.15) is 5.75 Å². The van der Waals surface area contributed by atoms with E-state index in [0.29, 0.717) is 23.5 Å². The van der Waals surface area contributed by atoms with Crippen molar-refractivity contribution in [3.63, 3.8) is 0 Å². The number of hydrazine groups is 2. The van der Waals surface area contributed by atoms with Crippen LogP contribution in [0.5, 0.6) is 5.75 Å². The first-order valence-corrected chi connectivity index (χ1v) is 13.9. The number of likely N-dealkylation sites (N-methyl/N-ethyl adjacent to an activating group) is 2. The quantitative estimate of drug-likeness (QED) is 0.329. The summed E-state index contributed by atoms with van der Waals surface area (Å²) < 4.78 is 5.89. The number of carbonyl (C=O) groups excluding carboxylic acids is 1. The van der Waals surface area contributed by atoms with Crippen molar-refractivity contribution >= 4 is 23.0 Å². The van der Waals surface area contributed by atoms with Gasteiger partial charge in [-0.1, -0.05) is 32.9 Å². The molecule has 0 bridgehead atoms. The molecule has 1 aromatic heterocycles. The van der Waals surface area contributed by atoms with Crippen molar-refractivity contribution in [3.8, 4) is 5.75 Å². The van der Waals surface area contributed by atoms with Crippen LogP contribution >= 0.6 is 0 Å². The molecule has 9 nitrogen and oxygen atoms in total. The molecule has 1 amide bonds. The van der Waals surface area contributed by atoms with Crippen molar-refractivity contribution in [3.05, 3.63) is 88.9 Å². The van der Waals surface area contributed by atoms with Crippen LogP contribution in [0.1, 0.15) is 53.4 Å². The summed E-state index contributed by atoms with van der Waals surface area (Å²) in [7, 11) is 7.91. The number of aryl methyl sites for hydroxylation is 1. The van der Waals surface area contributed by atoms with Gasteiger partial charge in [-0.3, -0.25) is 14.8 Å². The third-order valence-electron chi connectivity index (χ3n) is 7.13.